The Bertz CT molecular complexity index is 1990. The number of nitrogens with one attached hydrogen (secondary N) is 2. The summed E-state index contributed by atoms with van der Waals surface area (Å²) in [4.78, 5) is 50.7. The third-order valence-electron chi connectivity index (χ3n) is 8.05. The highest BCUT2D eigenvalue weighted by Crippen LogP contribution is 2.35. The van der Waals surface area contributed by atoms with Gasteiger partial charge in [-0.25, -0.2) is 19.3 Å². The molecule has 0 aliphatic carbocycles. The fourth-order valence-electron chi connectivity index (χ4n) is 5.69. The second kappa shape index (κ2) is 13.2. The normalized spacial score (nSPS) is 16.0. The molecular weight excluding hydrogens is 623 g/mol. The molecule has 1 unspecified atom stereocenters. The Hall–Kier alpha value is -5.27. The number of benzene rings is 3. The first kappa shape index (κ1) is 30.4. The number of hydrogen-bond donors (Lipinski definition) is 2. The molecule has 0 radical (unpaired) electrons. The Morgan fingerprint density at radius 1 is 0.957 bits per heavy atom. The summed E-state index contributed by atoms with van der Waals surface area (Å²) in [6.45, 7) is 2.03. The van der Waals surface area contributed by atoms with Crippen molar-refractivity contribution in [2.45, 2.75) is 25.4 Å². The van der Waals surface area contributed by atoms with E-state index in [1.165, 1.54) is 28.6 Å². The van der Waals surface area contributed by atoms with Gasteiger partial charge in [0.05, 0.1) is 23.4 Å². The standard InChI is InChI=1S/C34H29FN6O5S/c35-27-14-20(22-16-36-19-37-17-22)1-4-26(27)33-39-28-6-2-23(15-30(28)47-33)38-9-10-45-11-12-46-24-3-5-25-21(13-24)18-41(34(25)44)29-7-8-31(42)40-32(29)43/h1-6,13-17,19,29,38H,7-12,18H2,(H,40,42,43). The van der Waals surface area contributed by atoms with Gasteiger partial charge in [0.2, 0.25) is 11.8 Å². The number of thiazole rings is 1. The maximum atomic E-state index is 15.0. The van der Waals surface area contributed by atoms with E-state index in [0.717, 1.165) is 27.0 Å². The molecular formula is C34H29FN6O5S. The molecule has 7 rings (SSSR count). The van der Waals surface area contributed by atoms with Crippen molar-refractivity contribution in [2.24, 2.45) is 0 Å². The first-order valence-corrected chi connectivity index (χ1v) is 15.9. The van der Waals surface area contributed by atoms with E-state index in [1.54, 1.807) is 30.6 Å². The van der Waals surface area contributed by atoms with Crippen LogP contribution in [0.15, 0.2) is 73.3 Å². The van der Waals surface area contributed by atoms with Crippen molar-refractivity contribution in [3.05, 3.63) is 90.3 Å². The molecule has 5 aromatic rings. The summed E-state index contributed by atoms with van der Waals surface area (Å²) in [5, 5.41) is 6.26. The molecule has 2 N–H and O–H groups in total. The van der Waals surface area contributed by atoms with Crippen LogP contribution in [0.2, 0.25) is 0 Å². The zero-order valence-corrected chi connectivity index (χ0v) is 25.9. The van der Waals surface area contributed by atoms with E-state index in [9.17, 15) is 14.4 Å². The van der Waals surface area contributed by atoms with Crippen molar-refractivity contribution >= 4 is 45.0 Å². The number of imide groups is 1. The van der Waals surface area contributed by atoms with Crippen LogP contribution in [0.1, 0.15) is 28.8 Å². The number of aromatic nitrogens is 3. The van der Waals surface area contributed by atoms with Gasteiger partial charge >= 0.3 is 0 Å². The summed E-state index contributed by atoms with van der Waals surface area (Å²) in [5.74, 6) is -0.702. The molecule has 3 aromatic carbocycles. The molecule has 11 nitrogen and oxygen atoms in total. The van der Waals surface area contributed by atoms with E-state index in [1.807, 2.05) is 30.3 Å². The first-order chi connectivity index (χ1) is 22.9. The van der Waals surface area contributed by atoms with Gasteiger partial charge < -0.3 is 19.7 Å². The predicted molar refractivity (Wildman–Crippen MR) is 173 cm³/mol. The van der Waals surface area contributed by atoms with Crippen molar-refractivity contribution in [1.29, 1.82) is 0 Å². The second-order valence-corrected chi connectivity index (χ2v) is 12.2. The number of fused-ring (bicyclic) bond motifs is 2. The van der Waals surface area contributed by atoms with Gasteiger partial charge in [0.15, 0.2) is 0 Å². The van der Waals surface area contributed by atoms with Crippen LogP contribution in [0.5, 0.6) is 5.75 Å². The van der Waals surface area contributed by atoms with Crippen molar-refractivity contribution in [2.75, 3.05) is 31.7 Å². The molecule has 0 spiro atoms. The number of anilines is 1. The summed E-state index contributed by atoms with van der Waals surface area (Å²) in [6, 6.07) is 15.5. The van der Waals surface area contributed by atoms with Gasteiger partial charge in [0, 0.05) is 54.3 Å². The van der Waals surface area contributed by atoms with Gasteiger partial charge in [-0.1, -0.05) is 6.07 Å². The van der Waals surface area contributed by atoms with Crippen LogP contribution in [0, 0.1) is 5.82 Å². The molecule has 1 atom stereocenters. The molecule has 47 heavy (non-hydrogen) atoms. The molecule has 2 aliphatic heterocycles. The Morgan fingerprint density at radius 2 is 1.81 bits per heavy atom. The predicted octanol–water partition coefficient (Wildman–Crippen LogP) is 4.83. The molecule has 3 amide bonds. The van der Waals surface area contributed by atoms with Gasteiger partial charge in [-0.2, -0.15) is 0 Å². The topological polar surface area (TPSA) is 136 Å². The zero-order valence-electron chi connectivity index (χ0n) is 25.1. The highest BCUT2D eigenvalue weighted by atomic mass is 32.1. The number of piperidine rings is 1. The van der Waals surface area contributed by atoms with Crippen LogP contribution in [0.3, 0.4) is 0 Å². The van der Waals surface area contributed by atoms with Gasteiger partial charge in [-0.05, 0) is 66.1 Å². The van der Waals surface area contributed by atoms with E-state index in [2.05, 4.69) is 25.6 Å². The number of carbonyl (C=O) groups excluding carboxylic acids is 3. The molecule has 13 heteroatoms. The SMILES string of the molecule is O=C1CCC(N2Cc3cc(OCCOCCNc4ccc5nc(-c6ccc(-c7cncnc7)cc6F)sc5c4)ccc3C2=O)C(=O)N1. The van der Waals surface area contributed by atoms with E-state index >= 15 is 4.39 Å². The summed E-state index contributed by atoms with van der Waals surface area (Å²) in [5.41, 5.74) is 4.92. The fourth-order valence-corrected chi connectivity index (χ4v) is 6.73. The van der Waals surface area contributed by atoms with E-state index in [0.29, 0.717) is 66.8 Å². The minimum Gasteiger partial charge on any atom is -0.491 e. The quantitative estimate of drug-likeness (QED) is 0.152. The van der Waals surface area contributed by atoms with E-state index < -0.39 is 11.9 Å². The van der Waals surface area contributed by atoms with Crippen molar-refractivity contribution in [1.82, 2.24) is 25.2 Å². The smallest absolute Gasteiger partial charge is 0.255 e. The summed E-state index contributed by atoms with van der Waals surface area (Å²) >= 11 is 1.43. The zero-order chi connectivity index (χ0) is 32.3. The average molecular weight is 653 g/mol. The van der Waals surface area contributed by atoms with Crippen molar-refractivity contribution in [3.63, 3.8) is 0 Å². The van der Waals surface area contributed by atoms with E-state index in [4.69, 9.17) is 9.47 Å². The number of rotatable bonds is 11. The number of carbonyl (C=O) groups is 3. The van der Waals surface area contributed by atoms with Crippen molar-refractivity contribution < 1.29 is 28.2 Å². The van der Waals surface area contributed by atoms with Gasteiger partial charge in [-0.3, -0.25) is 19.7 Å². The fraction of sp³-hybridized carbons (Fsp3) is 0.235. The van der Waals surface area contributed by atoms with Gasteiger partial charge in [0.25, 0.3) is 5.91 Å². The number of halogens is 1. The summed E-state index contributed by atoms with van der Waals surface area (Å²) < 4.78 is 27.5. The van der Waals surface area contributed by atoms with Gasteiger partial charge in [-0.15, -0.1) is 11.3 Å². The Morgan fingerprint density at radius 3 is 2.64 bits per heavy atom. The molecule has 0 bridgehead atoms. The molecule has 0 saturated carbocycles. The van der Waals surface area contributed by atoms with Crippen LogP contribution in [0.25, 0.3) is 31.9 Å². The molecule has 4 heterocycles. The lowest BCUT2D eigenvalue weighted by Gasteiger charge is -2.29. The first-order valence-electron chi connectivity index (χ1n) is 15.1. The lowest BCUT2D eigenvalue weighted by molar-refractivity contribution is -0.136. The maximum absolute atomic E-state index is 15.0. The lowest BCUT2D eigenvalue weighted by Crippen LogP contribution is -2.52. The second-order valence-electron chi connectivity index (χ2n) is 11.1. The Kier molecular flexibility index (Phi) is 8.55. The molecule has 1 saturated heterocycles. The monoisotopic (exact) mass is 652 g/mol. The number of hydrogen-bond acceptors (Lipinski definition) is 10. The van der Waals surface area contributed by atoms with Crippen LogP contribution in [-0.4, -0.2) is 70.0 Å². The number of ether oxygens (including phenoxy) is 2. The Labute approximate surface area is 272 Å². The lowest BCUT2D eigenvalue weighted by atomic mass is 10.0. The summed E-state index contributed by atoms with van der Waals surface area (Å²) in [6.07, 6.45) is 5.27. The van der Waals surface area contributed by atoms with Crippen LogP contribution in [-0.2, 0) is 20.9 Å². The largest absolute Gasteiger partial charge is 0.491 e. The highest BCUT2D eigenvalue weighted by Gasteiger charge is 2.39. The number of amides is 3. The van der Waals surface area contributed by atoms with Crippen LogP contribution < -0.4 is 15.4 Å². The molecule has 2 aromatic heterocycles. The average Bonchev–Trinajstić information content (AvgIpc) is 3.64. The highest BCUT2D eigenvalue weighted by molar-refractivity contribution is 7.21. The minimum atomic E-state index is -0.648. The summed E-state index contributed by atoms with van der Waals surface area (Å²) in [7, 11) is 0. The Balaban J connectivity index is 0.865. The molecule has 2 aliphatic rings. The van der Waals surface area contributed by atoms with Gasteiger partial charge in [0.1, 0.15) is 35.6 Å². The van der Waals surface area contributed by atoms with Crippen LogP contribution >= 0.6 is 11.3 Å². The maximum Gasteiger partial charge on any atom is 0.255 e. The third-order valence-corrected chi connectivity index (χ3v) is 9.10. The van der Waals surface area contributed by atoms with Crippen molar-refractivity contribution in [3.8, 4) is 27.4 Å². The van der Waals surface area contributed by atoms with Crippen LogP contribution in [0.4, 0.5) is 10.1 Å². The molecule has 1 fully saturated rings. The van der Waals surface area contributed by atoms with E-state index in [-0.39, 0.29) is 24.1 Å². The molecule has 238 valence electrons. The number of nitrogens with zero attached hydrogens (tertiary/aromatic N) is 4. The minimum absolute atomic E-state index is 0.216. The third kappa shape index (κ3) is 6.53.